The number of methoxy groups -OCH3 is 3. The Bertz CT molecular complexity index is 1120. The highest BCUT2D eigenvalue weighted by Crippen LogP contribution is 2.29. The molecule has 2 N–H and O–H groups in total. The Morgan fingerprint density at radius 2 is 1.25 bits per heavy atom. The quantitative estimate of drug-likeness (QED) is 0.545. The molecule has 0 radical (unpaired) electrons. The van der Waals surface area contributed by atoms with Crippen LogP contribution in [0, 0.1) is 0 Å². The van der Waals surface area contributed by atoms with Crippen LogP contribution in [0.15, 0.2) is 66.7 Å². The number of carbonyl (C=O) groups is 3. The topological polar surface area (TPSA) is 103 Å². The number of ether oxygens (including phenoxy) is 3. The van der Waals surface area contributed by atoms with Crippen LogP contribution >= 0.6 is 0 Å². The number of hydrogen-bond acceptors (Lipinski definition) is 6. The third kappa shape index (κ3) is 5.04. The van der Waals surface area contributed by atoms with Gasteiger partial charge in [-0.05, 0) is 54.6 Å². The van der Waals surface area contributed by atoms with Gasteiger partial charge in [-0.25, -0.2) is 4.79 Å². The fourth-order valence-corrected chi connectivity index (χ4v) is 3.02. The van der Waals surface area contributed by atoms with Gasteiger partial charge in [-0.3, -0.25) is 9.59 Å². The van der Waals surface area contributed by atoms with Gasteiger partial charge < -0.3 is 24.8 Å². The molecule has 8 nitrogen and oxygen atoms in total. The predicted octanol–water partition coefficient (Wildman–Crippen LogP) is 4.00. The lowest BCUT2D eigenvalue weighted by molar-refractivity contribution is 0.0600. The van der Waals surface area contributed by atoms with Crippen LogP contribution in [0.4, 0.5) is 11.4 Å². The first-order valence-corrected chi connectivity index (χ1v) is 9.59. The number of amides is 2. The molecule has 0 saturated heterocycles. The summed E-state index contributed by atoms with van der Waals surface area (Å²) in [5.41, 5.74) is 1.92. The zero-order valence-electron chi connectivity index (χ0n) is 17.8. The molecule has 0 heterocycles. The molecule has 0 aliphatic rings. The van der Waals surface area contributed by atoms with Crippen molar-refractivity contribution in [2.45, 2.75) is 0 Å². The van der Waals surface area contributed by atoms with E-state index in [-0.39, 0.29) is 11.5 Å². The van der Waals surface area contributed by atoms with Gasteiger partial charge in [-0.1, -0.05) is 12.1 Å². The van der Waals surface area contributed by atoms with Crippen molar-refractivity contribution in [3.8, 4) is 11.5 Å². The van der Waals surface area contributed by atoms with E-state index < -0.39 is 11.9 Å². The van der Waals surface area contributed by atoms with E-state index in [1.165, 1.54) is 27.4 Å². The molecule has 2 amide bonds. The Morgan fingerprint density at radius 3 is 1.84 bits per heavy atom. The van der Waals surface area contributed by atoms with Gasteiger partial charge in [0.15, 0.2) is 0 Å². The molecule has 0 saturated carbocycles. The van der Waals surface area contributed by atoms with Gasteiger partial charge in [-0.2, -0.15) is 0 Å². The maximum Gasteiger partial charge on any atom is 0.337 e. The summed E-state index contributed by atoms with van der Waals surface area (Å²) in [7, 11) is 4.23. The van der Waals surface area contributed by atoms with Crippen LogP contribution in [-0.2, 0) is 4.74 Å². The number of benzene rings is 3. The highest BCUT2D eigenvalue weighted by atomic mass is 16.5. The molecule has 0 aliphatic heterocycles. The molecule has 0 bridgehead atoms. The molecular formula is C24H22N2O6. The van der Waals surface area contributed by atoms with Gasteiger partial charge in [0.2, 0.25) is 0 Å². The van der Waals surface area contributed by atoms with Crippen LogP contribution in [0.2, 0.25) is 0 Å². The fraction of sp³-hybridized carbons (Fsp3) is 0.125. The minimum Gasteiger partial charge on any atom is -0.496 e. The second-order valence-electron chi connectivity index (χ2n) is 6.60. The van der Waals surface area contributed by atoms with E-state index in [0.717, 1.165) is 0 Å². The lowest BCUT2D eigenvalue weighted by Gasteiger charge is -2.13. The molecule has 0 aromatic heterocycles. The number of esters is 1. The van der Waals surface area contributed by atoms with Crippen molar-refractivity contribution in [1.82, 2.24) is 0 Å². The lowest BCUT2D eigenvalue weighted by atomic mass is 10.1. The van der Waals surface area contributed by atoms with Crippen LogP contribution in [0.1, 0.15) is 31.1 Å². The Hall–Kier alpha value is -4.33. The predicted molar refractivity (Wildman–Crippen MR) is 120 cm³/mol. The van der Waals surface area contributed by atoms with Gasteiger partial charge in [0, 0.05) is 16.9 Å². The molecule has 0 aliphatic carbocycles. The summed E-state index contributed by atoms with van der Waals surface area (Å²) >= 11 is 0. The summed E-state index contributed by atoms with van der Waals surface area (Å²) in [6.45, 7) is 0. The highest BCUT2D eigenvalue weighted by molar-refractivity contribution is 6.09. The van der Waals surface area contributed by atoms with Crippen LogP contribution in [0.5, 0.6) is 11.5 Å². The minimum absolute atomic E-state index is 0.268. The maximum atomic E-state index is 12.8. The molecule has 8 heteroatoms. The third-order valence-corrected chi connectivity index (χ3v) is 4.60. The van der Waals surface area contributed by atoms with Crippen LogP contribution < -0.4 is 20.1 Å². The van der Waals surface area contributed by atoms with Crippen molar-refractivity contribution in [3.05, 3.63) is 83.4 Å². The Labute approximate surface area is 185 Å². The van der Waals surface area contributed by atoms with Crippen LogP contribution in [0.25, 0.3) is 0 Å². The van der Waals surface area contributed by atoms with Gasteiger partial charge >= 0.3 is 5.97 Å². The maximum absolute atomic E-state index is 12.8. The number of anilines is 2. The molecule has 0 fully saturated rings. The molecule has 3 aromatic carbocycles. The first kappa shape index (κ1) is 22.4. The molecular weight excluding hydrogens is 412 g/mol. The second-order valence-corrected chi connectivity index (χ2v) is 6.60. The third-order valence-electron chi connectivity index (χ3n) is 4.60. The van der Waals surface area contributed by atoms with Crippen molar-refractivity contribution < 1.29 is 28.6 Å². The normalized spacial score (nSPS) is 10.1. The van der Waals surface area contributed by atoms with Crippen molar-refractivity contribution in [1.29, 1.82) is 0 Å². The highest BCUT2D eigenvalue weighted by Gasteiger charge is 2.18. The minimum atomic E-state index is -0.493. The molecule has 3 aromatic rings. The fourth-order valence-electron chi connectivity index (χ4n) is 3.02. The zero-order chi connectivity index (χ0) is 23.1. The standard InChI is InChI=1S/C24H22N2O6/c1-30-19-8-5-9-20(31-2)21(19)23(28)25-17-12-10-15(11-13-17)22(27)26-18-7-4-6-16(14-18)24(29)32-3/h4-14H,1-3H3,(H,25,28)(H,26,27). The van der Waals surface area contributed by atoms with E-state index >= 15 is 0 Å². The average Bonchev–Trinajstić information content (AvgIpc) is 2.83. The van der Waals surface area contributed by atoms with Crippen LogP contribution in [-0.4, -0.2) is 39.1 Å². The number of carbonyl (C=O) groups excluding carboxylic acids is 3. The van der Waals surface area contributed by atoms with E-state index in [4.69, 9.17) is 9.47 Å². The van der Waals surface area contributed by atoms with Gasteiger partial charge in [0.05, 0.1) is 26.9 Å². The van der Waals surface area contributed by atoms with Crippen molar-refractivity contribution >= 4 is 29.2 Å². The van der Waals surface area contributed by atoms with E-state index in [9.17, 15) is 14.4 Å². The van der Waals surface area contributed by atoms with Gasteiger partial charge in [-0.15, -0.1) is 0 Å². The molecule has 164 valence electrons. The summed E-state index contributed by atoms with van der Waals surface area (Å²) in [6.07, 6.45) is 0. The zero-order valence-corrected chi connectivity index (χ0v) is 17.8. The molecule has 0 unspecified atom stereocenters. The first-order chi connectivity index (χ1) is 15.5. The summed E-state index contributed by atoms with van der Waals surface area (Å²) in [6, 6.07) is 17.9. The number of nitrogens with one attached hydrogen (secondary N) is 2. The molecule has 0 atom stereocenters. The SMILES string of the molecule is COC(=O)c1cccc(NC(=O)c2ccc(NC(=O)c3c(OC)cccc3OC)cc2)c1. The largest absolute Gasteiger partial charge is 0.496 e. The van der Waals surface area contributed by atoms with E-state index in [1.807, 2.05) is 0 Å². The Kier molecular flexibility index (Phi) is 7.07. The monoisotopic (exact) mass is 434 g/mol. The van der Waals surface area contributed by atoms with Gasteiger partial charge in [0.1, 0.15) is 17.1 Å². The summed E-state index contributed by atoms with van der Waals surface area (Å²) in [4.78, 5) is 36.9. The lowest BCUT2D eigenvalue weighted by Crippen LogP contribution is -2.15. The molecule has 32 heavy (non-hydrogen) atoms. The van der Waals surface area contributed by atoms with Crippen molar-refractivity contribution in [2.24, 2.45) is 0 Å². The van der Waals surface area contributed by atoms with E-state index in [2.05, 4.69) is 15.4 Å². The van der Waals surface area contributed by atoms with Crippen molar-refractivity contribution in [2.75, 3.05) is 32.0 Å². The van der Waals surface area contributed by atoms with E-state index in [0.29, 0.717) is 34.0 Å². The molecule has 0 spiro atoms. The number of rotatable bonds is 7. The van der Waals surface area contributed by atoms with Crippen LogP contribution in [0.3, 0.4) is 0 Å². The second kappa shape index (κ2) is 10.1. The summed E-state index contributed by atoms with van der Waals surface area (Å²) < 4.78 is 15.2. The Morgan fingerprint density at radius 1 is 0.656 bits per heavy atom. The van der Waals surface area contributed by atoms with Gasteiger partial charge in [0.25, 0.3) is 11.8 Å². The smallest absolute Gasteiger partial charge is 0.337 e. The van der Waals surface area contributed by atoms with Crippen molar-refractivity contribution in [3.63, 3.8) is 0 Å². The Balaban J connectivity index is 1.71. The average molecular weight is 434 g/mol. The number of hydrogen-bond donors (Lipinski definition) is 2. The summed E-state index contributed by atoms with van der Waals surface area (Å²) in [5, 5.41) is 5.49. The van der Waals surface area contributed by atoms with E-state index in [1.54, 1.807) is 60.7 Å². The summed E-state index contributed by atoms with van der Waals surface area (Å²) in [5.74, 6) is -0.501. The first-order valence-electron chi connectivity index (χ1n) is 9.59. The molecule has 3 rings (SSSR count).